The molecule has 0 aliphatic rings. The van der Waals surface area contributed by atoms with Crippen LogP contribution in [0.3, 0.4) is 0 Å². The van der Waals surface area contributed by atoms with Crippen LogP contribution in [0.4, 0.5) is 0 Å². The Balaban J connectivity index is 0. The van der Waals surface area contributed by atoms with Crippen molar-refractivity contribution in [2.75, 3.05) is 0 Å². The van der Waals surface area contributed by atoms with Crippen molar-refractivity contribution in [3.8, 4) is 0 Å². The summed E-state index contributed by atoms with van der Waals surface area (Å²) in [6.45, 7) is 13.6. The van der Waals surface area contributed by atoms with Gasteiger partial charge in [0.2, 0.25) is 0 Å². The van der Waals surface area contributed by atoms with E-state index < -0.39 is 8.80 Å². The van der Waals surface area contributed by atoms with Gasteiger partial charge in [0.25, 0.3) is 0 Å². The third-order valence-electron chi connectivity index (χ3n) is 2.55. The van der Waals surface area contributed by atoms with Gasteiger partial charge in [-0.2, -0.15) is 0 Å². The molecule has 0 aliphatic carbocycles. The molecule has 0 spiro atoms. The minimum absolute atomic E-state index is 0. The molecule has 0 aromatic rings. The van der Waals surface area contributed by atoms with Crippen molar-refractivity contribution >= 4 is 8.80 Å². The molecule has 0 fully saturated rings. The van der Waals surface area contributed by atoms with Gasteiger partial charge >= 0.3 is 41.5 Å². The second kappa shape index (κ2) is 7.51. The Hall–Kier alpha value is 1.20. The number of hydrogen-bond donors (Lipinski definition) is 2. The quantitative estimate of drug-likeness (QED) is 0.599. The van der Waals surface area contributed by atoms with Crippen LogP contribution < -0.4 is 0 Å². The summed E-state index contributed by atoms with van der Waals surface area (Å²) in [4.78, 5) is 18.5. The van der Waals surface area contributed by atoms with E-state index in [1.54, 1.807) is 0 Å². The topological polar surface area (TPSA) is 49.7 Å². The predicted molar refractivity (Wildman–Crippen MR) is 59.3 cm³/mol. The fourth-order valence-electron chi connectivity index (χ4n) is 1.45. The molecule has 0 heterocycles. The van der Waals surface area contributed by atoms with Crippen LogP contribution in [0.25, 0.3) is 0 Å². The third-order valence-corrected chi connectivity index (χ3v) is 3.20. The molecule has 0 saturated carbocycles. The summed E-state index contributed by atoms with van der Waals surface area (Å²) in [7, 11) is -3.64. The first-order chi connectivity index (χ1) is 6.15. The summed E-state index contributed by atoms with van der Waals surface area (Å²) in [6.07, 6.45) is -0.130. The summed E-state index contributed by atoms with van der Waals surface area (Å²) in [5, 5.41) is 0. The van der Waals surface area contributed by atoms with Gasteiger partial charge in [0.15, 0.2) is 0 Å². The molecule has 0 rings (SSSR count). The van der Waals surface area contributed by atoms with Crippen molar-refractivity contribution in [3.63, 3.8) is 0 Å². The predicted octanol–water partition coefficient (Wildman–Crippen LogP) is 1.61. The van der Waals surface area contributed by atoms with Crippen molar-refractivity contribution in [1.29, 1.82) is 0 Å². The molecule has 2 unspecified atom stereocenters. The van der Waals surface area contributed by atoms with Crippen LogP contribution in [-0.4, -0.2) is 24.5 Å². The SMILES string of the molecule is [CH2-][Si](O)(O)OC(C(C)C)C(C)C(C)C.[Y+3]. The van der Waals surface area contributed by atoms with Crippen LogP contribution in [0.15, 0.2) is 0 Å². The molecule has 5 heteroatoms. The zero-order valence-corrected chi connectivity index (χ0v) is 14.2. The van der Waals surface area contributed by atoms with Gasteiger partial charge in [-0.25, -0.2) is 0 Å². The molecule has 3 nitrogen and oxygen atoms in total. The molecule has 86 valence electrons. The van der Waals surface area contributed by atoms with E-state index in [0.717, 1.165) is 0 Å². The van der Waals surface area contributed by atoms with Gasteiger partial charge in [-0.3, -0.25) is 6.55 Å². The Kier molecular flexibility index (Phi) is 9.30. The molecule has 0 aromatic carbocycles. The largest absolute Gasteiger partial charge is 3.00 e. The smallest absolute Gasteiger partial charge is 0.410 e. The van der Waals surface area contributed by atoms with Crippen molar-refractivity contribution in [2.45, 2.75) is 40.7 Å². The van der Waals surface area contributed by atoms with Gasteiger partial charge < -0.3 is 14.0 Å². The standard InChI is InChI=1S/C10H23O3Si.Y/c1-7(2)9(5)10(8(3)4)13-14(6,11)12;/h7-12H,6H2,1-5H3;/q-1;+3. The second-order valence-corrected chi connectivity index (χ2v) is 6.39. The van der Waals surface area contributed by atoms with E-state index in [1.807, 2.05) is 13.8 Å². The van der Waals surface area contributed by atoms with Crippen LogP contribution in [0.1, 0.15) is 34.6 Å². The molecule has 0 aliphatic heterocycles. The maximum atomic E-state index is 9.23. The normalized spacial score (nSPS) is 16.4. The van der Waals surface area contributed by atoms with Crippen molar-refractivity contribution in [1.82, 2.24) is 0 Å². The summed E-state index contributed by atoms with van der Waals surface area (Å²) in [5.41, 5.74) is 0. The Labute approximate surface area is 120 Å². The number of hydrogen-bond acceptors (Lipinski definition) is 3. The van der Waals surface area contributed by atoms with E-state index in [-0.39, 0.29) is 44.7 Å². The molecule has 0 amide bonds. The van der Waals surface area contributed by atoms with E-state index in [9.17, 15) is 9.59 Å². The van der Waals surface area contributed by atoms with Crippen molar-refractivity contribution < 1.29 is 46.7 Å². The van der Waals surface area contributed by atoms with E-state index >= 15 is 0 Å². The molecule has 0 aromatic heterocycles. The van der Waals surface area contributed by atoms with Crippen LogP contribution >= 0.6 is 0 Å². The second-order valence-electron chi connectivity index (χ2n) is 4.67. The Morgan fingerprint density at radius 3 is 1.60 bits per heavy atom. The van der Waals surface area contributed by atoms with Crippen molar-refractivity contribution in [3.05, 3.63) is 6.55 Å². The van der Waals surface area contributed by atoms with Crippen molar-refractivity contribution in [2.24, 2.45) is 17.8 Å². The first-order valence-electron chi connectivity index (χ1n) is 5.13. The summed E-state index contributed by atoms with van der Waals surface area (Å²) in [5.74, 6) is 1.02. The van der Waals surface area contributed by atoms with E-state index in [0.29, 0.717) is 11.8 Å². The molecule has 0 radical (unpaired) electrons. The van der Waals surface area contributed by atoms with E-state index in [1.165, 1.54) is 0 Å². The van der Waals surface area contributed by atoms with Gasteiger partial charge in [-0.15, -0.1) is 0 Å². The molecular weight excluding hydrogens is 285 g/mol. The van der Waals surface area contributed by atoms with Gasteiger partial charge in [0, 0.05) is 0 Å². The van der Waals surface area contributed by atoms with E-state index in [4.69, 9.17) is 4.43 Å². The van der Waals surface area contributed by atoms with E-state index in [2.05, 4.69) is 27.3 Å². The Morgan fingerprint density at radius 2 is 1.40 bits per heavy atom. The van der Waals surface area contributed by atoms with Gasteiger partial charge in [0.1, 0.15) is 0 Å². The van der Waals surface area contributed by atoms with Gasteiger partial charge in [0.05, 0.1) is 6.10 Å². The van der Waals surface area contributed by atoms with Crippen LogP contribution in [0.5, 0.6) is 0 Å². The molecule has 0 saturated heterocycles. The minimum atomic E-state index is -3.64. The fourth-order valence-corrected chi connectivity index (χ4v) is 2.37. The summed E-state index contributed by atoms with van der Waals surface area (Å²) >= 11 is 0. The zero-order chi connectivity index (χ0) is 11.5. The molecule has 2 atom stereocenters. The monoisotopic (exact) mass is 308 g/mol. The first-order valence-corrected chi connectivity index (χ1v) is 7.14. The Morgan fingerprint density at radius 1 is 1.00 bits per heavy atom. The zero-order valence-electron chi connectivity index (χ0n) is 10.4. The summed E-state index contributed by atoms with van der Waals surface area (Å²) in [6, 6.07) is 0. The number of rotatable bonds is 5. The van der Waals surface area contributed by atoms with Crippen LogP contribution in [-0.2, 0) is 37.1 Å². The third kappa shape index (κ3) is 8.00. The van der Waals surface area contributed by atoms with Gasteiger partial charge in [-0.05, 0) is 17.8 Å². The maximum absolute atomic E-state index is 9.23. The Bertz CT molecular complexity index is 169. The molecular formula is C10H23O3SiY+2. The van der Waals surface area contributed by atoms with Gasteiger partial charge in [-0.1, -0.05) is 34.6 Å². The molecule has 15 heavy (non-hydrogen) atoms. The van der Waals surface area contributed by atoms with Crippen LogP contribution in [0, 0.1) is 24.3 Å². The average molecular weight is 308 g/mol. The fraction of sp³-hybridized carbons (Fsp3) is 0.900. The molecule has 2 N–H and O–H groups in total. The minimum Gasteiger partial charge on any atom is -0.410 e. The summed E-state index contributed by atoms with van der Waals surface area (Å²) < 4.78 is 5.26. The maximum Gasteiger partial charge on any atom is 3.00 e. The van der Waals surface area contributed by atoms with Crippen LogP contribution in [0.2, 0.25) is 0 Å². The first kappa shape index (κ1) is 18.6. The average Bonchev–Trinajstić information content (AvgIpc) is 1.96. The molecule has 0 bridgehead atoms.